The van der Waals surface area contributed by atoms with Gasteiger partial charge in [0, 0.05) is 6.92 Å². The monoisotopic (exact) mass is 188 g/mol. The fourth-order valence-corrected chi connectivity index (χ4v) is 1.94. The maximum atomic E-state index is 11.0. The molecule has 0 bridgehead atoms. The van der Waals surface area contributed by atoms with E-state index in [4.69, 9.17) is 0 Å². The van der Waals surface area contributed by atoms with Crippen LogP contribution in [0.4, 0.5) is 0 Å². The third kappa shape index (κ3) is 1.66. The number of carbonyl (C=O) groups excluding carboxylic acids is 3. The molecule has 5 heteroatoms. The smallest absolute Gasteiger partial charge is 0.330 e. The normalized spacial score (nSPS) is 28.8. The maximum absolute atomic E-state index is 11.0. The van der Waals surface area contributed by atoms with Gasteiger partial charge in [-0.25, -0.2) is 0 Å². The zero-order valence-electron chi connectivity index (χ0n) is 6.75. The molecule has 0 aromatic heterocycles. The van der Waals surface area contributed by atoms with E-state index < -0.39 is 16.7 Å². The van der Waals surface area contributed by atoms with Crippen LogP contribution in [-0.4, -0.2) is 21.8 Å². The van der Waals surface area contributed by atoms with Gasteiger partial charge in [0.05, 0.1) is 6.42 Å². The minimum Gasteiger partial charge on any atom is -0.392 e. The molecule has 1 rings (SSSR count). The lowest BCUT2D eigenvalue weighted by Crippen LogP contribution is -2.27. The van der Waals surface area contributed by atoms with E-state index >= 15 is 0 Å². The second-order valence-corrected chi connectivity index (χ2v) is 4.44. The summed E-state index contributed by atoms with van der Waals surface area (Å²) in [4.78, 5) is 32.4. The molecule has 0 aliphatic carbocycles. The lowest BCUT2D eigenvalue weighted by molar-refractivity contribution is -0.152. The van der Waals surface area contributed by atoms with Crippen molar-refractivity contribution in [1.29, 1.82) is 0 Å². The van der Waals surface area contributed by atoms with Gasteiger partial charge < -0.3 is 4.74 Å². The SMILES string of the molecule is CC(=O)SC1(C)CC(=O)OC1=O. The molecule has 1 aliphatic rings. The minimum absolute atomic E-state index is 0.0178. The minimum atomic E-state index is -0.997. The molecule has 0 spiro atoms. The molecule has 0 saturated carbocycles. The molecule has 12 heavy (non-hydrogen) atoms. The van der Waals surface area contributed by atoms with Crippen molar-refractivity contribution in [2.24, 2.45) is 0 Å². The lowest BCUT2D eigenvalue weighted by atomic mass is 10.1. The van der Waals surface area contributed by atoms with Crippen LogP contribution in [0.15, 0.2) is 0 Å². The third-order valence-corrected chi connectivity index (χ3v) is 2.54. The highest BCUT2D eigenvalue weighted by Crippen LogP contribution is 2.35. The molecular formula is C7H8O4S. The van der Waals surface area contributed by atoms with E-state index in [0.29, 0.717) is 0 Å². The largest absolute Gasteiger partial charge is 0.392 e. The summed E-state index contributed by atoms with van der Waals surface area (Å²) in [5, 5.41) is -0.191. The van der Waals surface area contributed by atoms with Gasteiger partial charge in [0.2, 0.25) is 0 Å². The van der Waals surface area contributed by atoms with Crippen molar-refractivity contribution >= 4 is 28.8 Å². The molecule has 0 radical (unpaired) electrons. The van der Waals surface area contributed by atoms with E-state index in [1.54, 1.807) is 0 Å². The lowest BCUT2D eigenvalue weighted by Gasteiger charge is -2.13. The van der Waals surface area contributed by atoms with Gasteiger partial charge in [-0.05, 0) is 6.92 Å². The first kappa shape index (κ1) is 9.25. The van der Waals surface area contributed by atoms with Gasteiger partial charge >= 0.3 is 11.9 Å². The molecule has 1 heterocycles. The van der Waals surface area contributed by atoms with Crippen molar-refractivity contribution in [2.45, 2.75) is 25.0 Å². The van der Waals surface area contributed by atoms with Crippen molar-refractivity contribution in [3.63, 3.8) is 0 Å². The van der Waals surface area contributed by atoms with Crippen LogP contribution in [0.3, 0.4) is 0 Å². The van der Waals surface area contributed by atoms with Crippen LogP contribution in [0, 0.1) is 0 Å². The molecule has 0 aromatic carbocycles. The Bertz CT molecular complexity index is 260. The summed E-state index contributed by atoms with van der Waals surface area (Å²) in [6, 6.07) is 0. The Morgan fingerprint density at radius 1 is 1.58 bits per heavy atom. The number of hydrogen-bond donors (Lipinski definition) is 0. The Morgan fingerprint density at radius 3 is 2.50 bits per heavy atom. The van der Waals surface area contributed by atoms with Crippen molar-refractivity contribution in [3.05, 3.63) is 0 Å². The maximum Gasteiger partial charge on any atom is 0.330 e. The van der Waals surface area contributed by atoms with Crippen molar-refractivity contribution in [3.8, 4) is 0 Å². The van der Waals surface area contributed by atoms with Gasteiger partial charge in [0.15, 0.2) is 5.12 Å². The van der Waals surface area contributed by atoms with E-state index in [0.717, 1.165) is 11.8 Å². The van der Waals surface area contributed by atoms with Crippen molar-refractivity contribution in [1.82, 2.24) is 0 Å². The number of hydrogen-bond acceptors (Lipinski definition) is 5. The van der Waals surface area contributed by atoms with Gasteiger partial charge in [-0.2, -0.15) is 0 Å². The fourth-order valence-electron chi connectivity index (χ4n) is 0.990. The van der Waals surface area contributed by atoms with E-state index in [1.807, 2.05) is 0 Å². The molecule has 1 atom stereocenters. The van der Waals surface area contributed by atoms with Crippen molar-refractivity contribution < 1.29 is 19.1 Å². The van der Waals surface area contributed by atoms with Crippen LogP contribution in [0.5, 0.6) is 0 Å². The van der Waals surface area contributed by atoms with E-state index in [1.165, 1.54) is 13.8 Å². The Morgan fingerprint density at radius 2 is 2.17 bits per heavy atom. The van der Waals surface area contributed by atoms with Gasteiger partial charge in [-0.3, -0.25) is 14.4 Å². The summed E-state index contributed by atoms with van der Waals surface area (Å²) in [7, 11) is 0. The number of carbonyl (C=O) groups is 3. The first-order valence-corrected chi connectivity index (χ1v) is 4.20. The topological polar surface area (TPSA) is 60.4 Å². The average molecular weight is 188 g/mol. The fraction of sp³-hybridized carbons (Fsp3) is 0.571. The molecule has 0 N–H and O–H groups in total. The first-order chi connectivity index (χ1) is 5.44. The number of esters is 2. The summed E-state index contributed by atoms with van der Waals surface area (Å²) in [6.07, 6.45) is -0.0178. The van der Waals surface area contributed by atoms with Gasteiger partial charge in [-0.15, -0.1) is 0 Å². The van der Waals surface area contributed by atoms with Crippen molar-refractivity contribution in [2.75, 3.05) is 0 Å². The van der Waals surface area contributed by atoms with Crippen LogP contribution in [0.25, 0.3) is 0 Å². The summed E-state index contributed by atoms with van der Waals surface area (Å²) in [6.45, 7) is 2.89. The van der Waals surface area contributed by atoms with Crippen LogP contribution in [0.2, 0.25) is 0 Å². The second-order valence-electron chi connectivity index (χ2n) is 2.76. The summed E-state index contributed by atoms with van der Waals surface area (Å²) in [5.41, 5.74) is 0. The molecular weight excluding hydrogens is 180 g/mol. The van der Waals surface area contributed by atoms with E-state index in [-0.39, 0.29) is 11.5 Å². The molecule has 1 unspecified atom stereocenters. The predicted octanol–water partition coefficient (Wildman–Crippen LogP) is 0.498. The van der Waals surface area contributed by atoms with Crippen LogP contribution >= 0.6 is 11.8 Å². The molecule has 0 aromatic rings. The molecule has 1 saturated heterocycles. The number of rotatable bonds is 1. The number of cyclic esters (lactones) is 2. The first-order valence-electron chi connectivity index (χ1n) is 3.39. The summed E-state index contributed by atoms with van der Waals surface area (Å²) < 4.78 is 3.33. The third-order valence-electron chi connectivity index (χ3n) is 1.49. The number of ether oxygens (including phenoxy) is 1. The molecule has 0 amide bonds. The van der Waals surface area contributed by atoms with Gasteiger partial charge in [-0.1, -0.05) is 11.8 Å². The van der Waals surface area contributed by atoms with Crippen LogP contribution in [-0.2, 0) is 19.1 Å². The molecule has 1 fully saturated rings. The summed E-state index contributed by atoms with van der Waals surface area (Å²) in [5.74, 6) is -1.18. The highest BCUT2D eigenvalue weighted by Gasteiger charge is 2.46. The highest BCUT2D eigenvalue weighted by molar-refractivity contribution is 8.15. The molecule has 66 valence electrons. The Kier molecular flexibility index (Phi) is 2.23. The highest BCUT2D eigenvalue weighted by atomic mass is 32.2. The standard InChI is InChI=1S/C7H8O4S/c1-4(8)12-7(2)3-5(9)11-6(7)10/h3H2,1-2H3. The van der Waals surface area contributed by atoms with Gasteiger partial charge in [0.1, 0.15) is 4.75 Å². The Hall–Kier alpha value is -0.840. The predicted molar refractivity (Wildman–Crippen MR) is 42.4 cm³/mol. The van der Waals surface area contributed by atoms with Gasteiger partial charge in [0.25, 0.3) is 0 Å². The second kappa shape index (κ2) is 2.90. The van der Waals surface area contributed by atoms with Crippen LogP contribution in [0.1, 0.15) is 20.3 Å². The average Bonchev–Trinajstić information content (AvgIpc) is 2.04. The Balaban J connectivity index is 2.77. The van der Waals surface area contributed by atoms with E-state index in [2.05, 4.69) is 4.74 Å². The number of thioether (sulfide) groups is 1. The summed E-state index contributed by atoms with van der Waals surface area (Å²) >= 11 is 0.842. The zero-order valence-corrected chi connectivity index (χ0v) is 7.56. The quantitative estimate of drug-likeness (QED) is 0.443. The zero-order chi connectivity index (χ0) is 9.35. The van der Waals surface area contributed by atoms with E-state index in [9.17, 15) is 14.4 Å². The molecule has 4 nitrogen and oxygen atoms in total. The van der Waals surface area contributed by atoms with Crippen LogP contribution < -0.4 is 0 Å². The molecule has 1 aliphatic heterocycles. The Labute approximate surface area is 73.6 Å².